The molecule has 4 nitrogen and oxygen atoms in total. The number of hydrogen-bond donors (Lipinski definition) is 1. The molecular formula is C18H20ClNO3S. The summed E-state index contributed by atoms with van der Waals surface area (Å²) in [6, 6.07) is 15.6. The smallest absolute Gasteiger partial charge is 0.183 e. The van der Waals surface area contributed by atoms with Crippen LogP contribution in [-0.2, 0) is 14.6 Å². The second-order valence-electron chi connectivity index (χ2n) is 6.06. The zero-order chi connectivity index (χ0) is 17.4. The highest BCUT2D eigenvalue weighted by atomic mass is 35.5. The fourth-order valence-corrected chi connectivity index (χ4v) is 5.79. The van der Waals surface area contributed by atoms with Gasteiger partial charge in [-0.2, -0.15) is 0 Å². The molecule has 0 radical (unpaired) electrons. The van der Waals surface area contributed by atoms with Gasteiger partial charge in [0.2, 0.25) is 0 Å². The highest BCUT2D eigenvalue weighted by Gasteiger charge is 2.69. The highest BCUT2D eigenvalue weighted by Crippen LogP contribution is 2.56. The first-order valence-corrected chi connectivity index (χ1v) is 9.74. The normalized spacial score (nSPS) is 26.3. The molecule has 0 spiro atoms. The third kappa shape index (κ3) is 2.97. The van der Waals surface area contributed by atoms with E-state index in [2.05, 4.69) is 0 Å². The number of ether oxygens (including phenoxy) is 1. The van der Waals surface area contributed by atoms with Crippen LogP contribution < -0.4 is 5.73 Å². The summed E-state index contributed by atoms with van der Waals surface area (Å²) in [5.74, 6) is -0.340. The fraction of sp³-hybridized carbons (Fsp3) is 0.333. The summed E-state index contributed by atoms with van der Waals surface area (Å²) < 4.78 is 31.6. The molecule has 0 saturated heterocycles. The largest absolute Gasteiger partial charge is 0.380 e. The molecule has 2 aromatic carbocycles. The van der Waals surface area contributed by atoms with Crippen molar-refractivity contribution in [3.05, 3.63) is 65.2 Å². The van der Waals surface area contributed by atoms with Crippen LogP contribution in [0.15, 0.2) is 59.5 Å². The van der Waals surface area contributed by atoms with Gasteiger partial charge < -0.3 is 10.5 Å². The highest BCUT2D eigenvalue weighted by molar-refractivity contribution is 7.92. The van der Waals surface area contributed by atoms with Crippen LogP contribution in [-0.4, -0.2) is 32.4 Å². The number of benzene rings is 2. The standard InChI is InChI=1S/C18H20ClNO3S/c1-2-23-12-18(20)16(13-7-6-8-14(19)11-13)17(18)24(21,22)15-9-4-3-5-10-15/h3-11,16-17H,2,12,20H2,1H3/t16-,17-,18-/m0/s1. The van der Waals surface area contributed by atoms with E-state index in [0.717, 1.165) is 5.56 Å². The van der Waals surface area contributed by atoms with Crippen molar-refractivity contribution in [3.8, 4) is 0 Å². The lowest BCUT2D eigenvalue weighted by Crippen LogP contribution is -2.36. The first kappa shape index (κ1) is 17.4. The van der Waals surface area contributed by atoms with Gasteiger partial charge in [0, 0.05) is 17.5 Å². The van der Waals surface area contributed by atoms with Gasteiger partial charge in [-0.1, -0.05) is 41.9 Å². The molecule has 24 heavy (non-hydrogen) atoms. The van der Waals surface area contributed by atoms with E-state index in [4.69, 9.17) is 22.1 Å². The van der Waals surface area contributed by atoms with Gasteiger partial charge in [-0.25, -0.2) is 8.42 Å². The van der Waals surface area contributed by atoms with E-state index in [0.29, 0.717) is 11.6 Å². The molecule has 1 aliphatic carbocycles. The fourth-order valence-electron chi connectivity index (χ4n) is 3.28. The summed E-state index contributed by atoms with van der Waals surface area (Å²) in [5.41, 5.74) is 6.36. The van der Waals surface area contributed by atoms with Crippen molar-refractivity contribution in [1.82, 2.24) is 0 Å². The first-order chi connectivity index (χ1) is 11.4. The lowest BCUT2D eigenvalue weighted by atomic mass is 10.1. The number of nitrogens with two attached hydrogens (primary N) is 1. The van der Waals surface area contributed by atoms with E-state index >= 15 is 0 Å². The first-order valence-electron chi connectivity index (χ1n) is 7.82. The lowest BCUT2D eigenvalue weighted by Gasteiger charge is -2.12. The Morgan fingerprint density at radius 1 is 1.17 bits per heavy atom. The Kier molecular flexibility index (Phi) is 4.71. The summed E-state index contributed by atoms with van der Waals surface area (Å²) in [7, 11) is -3.56. The second-order valence-corrected chi connectivity index (χ2v) is 8.57. The van der Waals surface area contributed by atoms with E-state index in [9.17, 15) is 8.42 Å². The maximum absolute atomic E-state index is 13.1. The minimum Gasteiger partial charge on any atom is -0.380 e. The molecule has 3 rings (SSSR count). The van der Waals surface area contributed by atoms with Crippen molar-refractivity contribution in [2.45, 2.75) is 28.5 Å². The number of rotatable bonds is 6. The van der Waals surface area contributed by atoms with Gasteiger partial charge in [0.25, 0.3) is 0 Å². The van der Waals surface area contributed by atoms with Crippen LogP contribution in [0.5, 0.6) is 0 Å². The summed E-state index contributed by atoms with van der Waals surface area (Å²) in [6.45, 7) is 2.54. The lowest BCUT2D eigenvalue weighted by molar-refractivity contribution is 0.125. The van der Waals surface area contributed by atoms with Gasteiger partial charge in [-0.3, -0.25) is 0 Å². The zero-order valence-electron chi connectivity index (χ0n) is 13.4. The summed E-state index contributed by atoms with van der Waals surface area (Å²) >= 11 is 6.07. The maximum Gasteiger partial charge on any atom is 0.183 e. The average molecular weight is 366 g/mol. The number of sulfone groups is 1. The van der Waals surface area contributed by atoms with Gasteiger partial charge in [0.15, 0.2) is 9.84 Å². The molecule has 2 aromatic rings. The number of halogens is 1. The molecule has 0 amide bonds. The quantitative estimate of drug-likeness (QED) is 0.854. The molecule has 0 unspecified atom stereocenters. The Morgan fingerprint density at radius 2 is 1.88 bits per heavy atom. The van der Waals surface area contributed by atoms with E-state index in [1.165, 1.54) is 0 Å². The van der Waals surface area contributed by atoms with Crippen LogP contribution >= 0.6 is 11.6 Å². The molecule has 0 heterocycles. The third-order valence-electron chi connectivity index (χ3n) is 4.47. The van der Waals surface area contributed by atoms with Crippen molar-refractivity contribution in [2.75, 3.05) is 13.2 Å². The van der Waals surface area contributed by atoms with Crippen molar-refractivity contribution < 1.29 is 13.2 Å². The average Bonchev–Trinajstić information content (AvgIpc) is 3.21. The van der Waals surface area contributed by atoms with E-state index in [-0.39, 0.29) is 17.4 Å². The SMILES string of the molecule is CCOC[C@]1(N)[C@@H](c2cccc(Cl)c2)[C@@H]1S(=O)(=O)c1ccccc1. The minimum absolute atomic E-state index is 0.192. The molecule has 1 saturated carbocycles. The van der Waals surface area contributed by atoms with Crippen LogP contribution in [0.1, 0.15) is 18.4 Å². The van der Waals surface area contributed by atoms with Gasteiger partial charge in [-0.05, 0) is 36.8 Å². The zero-order valence-corrected chi connectivity index (χ0v) is 14.9. The molecule has 1 aliphatic rings. The van der Waals surface area contributed by atoms with E-state index in [1.807, 2.05) is 19.1 Å². The molecule has 0 aromatic heterocycles. The number of hydrogen-bond acceptors (Lipinski definition) is 4. The summed E-state index contributed by atoms with van der Waals surface area (Å²) in [4.78, 5) is 0.283. The van der Waals surface area contributed by atoms with Gasteiger partial charge in [0.1, 0.15) is 0 Å². The van der Waals surface area contributed by atoms with Crippen molar-refractivity contribution in [2.24, 2.45) is 5.73 Å². The second kappa shape index (κ2) is 6.48. The van der Waals surface area contributed by atoms with Gasteiger partial charge in [-0.15, -0.1) is 0 Å². The van der Waals surface area contributed by atoms with Crippen LogP contribution in [0.3, 0.4) is 0 Å². The Hall–Kier alpha value is -1.40. The van der Waals surface area contributed by atoms with Crippen molar-refractivity contribution >= 4 is 21.4 Å². The Balaban J connectivity index is 2.01. The predicted octanol–water partition coefficient (Wildman–Crippen LogP) is 3.01. The molecular weight excluding hydrogens is 346 g/mol. The van der Waals surface area contributed by atoms with E-state index in [1.54, 1.807) is 42.5 Å². The van der Waals surface area contributed by atoms with Crippen LogP contribution in [0, 0.1) is 0 Å². The monoisotopic (exact) mass is 365 g/mol. The van der Waals surface area contributed by atoms with Gasteiger partial charge >= 0.3 is 0 Å². The molecule has 1 fully saturated rings. The van der Waals surface area contributed by atoms with E-state index < -0.39 is 20.6 Å². The topological polar surface area (TPSA) is 69.4 Å². The van der Waals surface area contributed by atoms with Crippen LogP contribution in [0.25, 0.3) is 0 Å². The molecule has 2 N–H and O–H groups in total. The van der Waals surface area contributed by atoms with Crippen LogP contribution in [0.2, 0.25) is 5.02 Å². The molecule has 3 atom stereocenters. The Bertz CT molecular complexity index is 825. The Morgan fingerprint density at radius 3 is 2.50 bits per heavy atom. The third-order valence-corrected chi connectivity index (χ3v) is 7.02. The Labute approximate surface area is 147 Å². The molecule has 128 valence electrons. The minimum atomic E-state index is -3.56. The molecule has 6 heteroatoms. The summed E-state index contributed by atoms with van der Waals surface area (Å²) in [6.07, 6.45) is 0. The van der Waals surface area contributed by atoms with Crippen molar-refractivity contribution in [1.29, 1.82) is 0 Å². The van der Waals surface area contributed by atoms with Crippen LogP contribution in [0.4, 0.5) is 0 Å². The predicted molar refractivity (Wildman–Crippen MR) is 95.0 cm³/mol. The molecule has 0 bridgehead atoms. The summed E-state index contributed by atoms with van der Waals surface area (Å²) in [5, 5.41) is -0.161. The maximum atomic E-state index is 13.1. The van der Waals surface area contributed by atoms with Gasteiger partial charge in [0.05, 0.1) is 22.3 Å². The molecule has 0 aliphatic heterocycles. The van der Waals surface area contributed by atoms with Crippen molar-refractivity contribution in [3.63, 3.8) is 0 Å².